The molecule has 0 aliphatic carbocycles. The SMILES string of the molecule is CCS(=O)CCNC(=O)CC(C)CC(=O)O. The zero-order valence-electron chi connectivity index (χ0n) is 9.69. The molecule has 6 heteroatoms. The fraction of sp³-hybridized carbons (Fsp3) is 0.800. The first-order chi connectivity index (χ1) is 7.45. The lowest BCUT2D eigenvalue weighted by atomic mass is 10.0. The van der Waals surface area contributed by atoms with E-state index in [0.717, 1.165) is 0 Å². The Bertz CT molecular complexity index is 268. The minimum Gasteiger partial charge on any atom is -0.481 e. The fourth-order valence-electron chi connectivity index (χ4n) is 1.21. The molecule has 0 aliphatic heterocycles. The molecule has 0 spiro atoms. The van der Waals surface area contributed by atoms with Crippen molar-refractivity contribution in [3.63, 3.8) is 0 Å². The van der Waals surface area contributed by atoms with Crippen LogP contribution in [0.4, 0.5) is 0 Å². The minimum absolute atomic E-state index is 0.00564. The summed E-state index contributed by atoms with van der Waals surface area (Å²) >= 11 is 0. The van der Waals surface area contributed by atoms with E-state index < -0.39 is 16.8 Å². The number of aliphatic carboxylic acids is 1. The van der Waals surface area contributed by atoms with Gasteiger partial charge in [0.1, 0.15) is 0 Å². The summed E-state index contributed by atoms with van der Waals surface area (Å²) in [5.41, 5.74) is 0. The van der Waals surface area contributed by atoms with E-state index in [9.17, 15) is 13.8 Å². The van der Waals surface area contributed by atoms with E-state index in [1.807, 2.05) is 6.92 Å². The van der Waals surface area contributed by atoms with Gasteiger partial charge in [0.25, 0.3) is 0 Å². The molecule has 1 amide bonds. The highest BCUT2D eigenvalue weighted by Crippen LogP contribution is 2.06. The van der Waals surface area contributed by atoms with Crippen LogP contribution in [0.1, 0.15) is 26.7 Å². The third-order valence-corrected chi connectivity index (χ3v) is 3.33. The third-order valence-electron chi connectivity index (χ3n) is 2.03. The molecule has 0 fully saturated rings. The first kappa shape index (κ1) is 15.1. The normalized spacial score (nSPS) is 14.1. The van der Waals surface area contributed by atoms with Gasteiger partial charge >= 0.3 is 5.97 Å². The smallest absolute Gasteiger partial charge is 0.303 e. The Labute approximate surface area is 98.1 Å². The second-order valence-corrected chi connectivity index (χ2v) is 5.55. The van der Waals surface area contributed by atoms with Crippen LogP contribution in [0.15, 0.2) is 0 Å². The maximum Gasteiger partial charge on any atom is 0.303 e. The minimum atomic E-state index is -0.896. The van der Waals surface area contributed by atoms with Crippen LogP contribution in [0.2, 0.25) is 0 Å². The van der Waals surface area contributed by atoms with Crippen molar-refractivity contribution in [2.75, 3.05) is 18.1 Å². The molecule has 0 rings (SSSR count). The number of carboxylic acids is 1. The first-order valence-electron chi connectivity index (χ1n) is 5.29. The van der Waals surface area contributed by atoms with Gasteiger partial charge in [0.2, 0.25) is 5.91 Å². The predicted molar refractivity (Wildman–Crippen MR) is 62.6 cm³/mol. The van der Waals surface area contributed by atoms with Crippen molar-refractivity contribution >= 4 is 22.7 Å². The summed E-state index contributed by atoms with van der Waals surface area (Å²) in [6.45, 7) is 3.93. The molecule has 2 unspecified atom stereocenters. The lowest BCUT2D eigenvalue weighted by Gasteiger charge is -2.08. The lowest BCUT2D eigenvalue weighted by Crippen LogP contribution is -2.29. The molecule has 0 aliphatic rings. The molecule has 2 atom stereocenters. The predicted octanol–water partition coefficient (Wildman–Crippen LogP) is 0.372. The number of rotatable bonds is 8. The zero-order chi connectivity index (χ0) is 12.6. The first-order valence-corrected chi connectivity index (χ1v) is 6.78. The topological polar surface area (TPSA) is 83.5 Å². The Morgan fingerprint density at radius 1 is 1.38 bits per heavy atom. The number of carbonyl (C=O) groups excluding carboxylic acids is 1. The molecular formula is C10H19NO4S. The summed E-state index contributed by atoms with van der Waals surface area (Å²) in [5, 5.41) is 11.1. The highest BCUT2D eigenvalue weighted by molar-refractivity contribution is 7.84. The van der Waals surface area contributed by atoms with Crippen molar-refractivity contribution in [3.8, 4) is 0 Å². The molecule has 0 radical (unpaired) electrons. The van der Waals surface area contributed by atoms with Gasteiger partial charge in [-0.1, -0.05) is 13.8 Å². The summed E-state index contributed by atoms with van der Waals surface area (Å²) in [5.74, 6) is -0.204. The maximum atomic E-state index is 11.3. The summed E-state index contributed by atoms with van der Waals surface area (Å²) in [4.78, 5) is 21.7. The van der Waals surface area contributed by atoms with Crippen molar-refractivity contribution in [2.45, 2.75) is 26.7 Å². The van der Waals surface area contributed by atoms with E-state index in [2.05, 4.69) is 5.32 Å². The number of amides is 1. The van der Waals surface area contributed by atoms with Crippen molar-refractivity contribution < 1.29 is 18.9 Å². The molecule has 0 heterocycles. The molecule has 5 nitrogen and oxygen atoms in total. The standard InChI is InChI=1S/C10H19NO4S/c1-3-16(15)5-4-11-9(12)6-8(2)7-10(13)14/h8H,3-7H2,1-2H3,(H,11,12)(H,13,14). The Kier molecular flexibility index (Phi) is 7.80. The van der Waals surface area contributed by atoms with Crippen LogP contribution in [0.3, 0.4) is 0 Å². The molecular weight excluding hydrogens is 230 g/mol. The Hall–Kier alpha value is -0.910. The van der Waals surface area contributed by atoms with Crippen LogP contribution in [0.5, 0.6) is 0 Å². The van der Waals surface area contributed by atoms with E-state index in [-0.39, 0.29) is 24.7 Å². The largest absolute Gasteiger partial charge is 0.481 e. The van der Waals surface area contributed by atoms with Crippen LogP contribution >= 0.6 is 0 Å². The van der Waals surface area contributed by atoms with E-state index in [0.29, 0.717) is 18.1 Å². The number of carbonyl (C=O) groups is 2. The fourth-order valence-corrected chi connectivity index (χ4v) is 1.83. The average molecular weight is 249 g/mol. The monoisotopic (exact) mass is 249 g/mol. The van der Waals surface area contributed by atoms with Crippen LogP contribution in [0.25, 0.3) is 0 Å². The van der Waals surface area contributed by atoms with Gasteiger partial charge < -0.3 is 10.4 Å². The summed E-state index contributed by atoms with van der Waals surface area (Å²) < 4.78 is 11.0. The molecule has 94 valence electrons. The molecule has 2 N–H and O–H groups in total. The average Bonchev–Trinajstić information content (AvgIpc) is 2.15. The van der Waals surface area contributed by atoms with E-state index in [4.69, 9.17) is 5.11 Å². The maximum absolute atomic E-state index is 11.3. The number of carboxylic acid groups (broad SMARTS) is 1. The van der Waals surface area contributed by atoms with E-state index in [1.165, 1.54) is 0 Å². The molecule has 16 heavy (non-hydrogen) atoms. The second-order valence-electron chi connectivity index (χ2n) is 3.69. The van der Waals surface area contributed by atoms with Gasteiger partial charge in [-0.25, -0.2) is 0 Å². The highest BCUT2D eigenvalue weighted by Gasteiger charge is 2.12. The van der Waals surface area contributed by atoms with Gasteiger partial charge in [-0.05, 0) is 5.92 Å². The Morgan fingerprint density at radius 3 is 2.50 bits per heavy atom. The van der Waals surface area contributed by atoms with E-state index in [1.54, 1.807) is 6.92 Å². The Balaban J connectivity index is 3.66. The molecule has 0 saturated heterocycles. The molecule has 0 aromatic heterocycles. The lowest BCUT2D eigenvalue weighted by molar-refractivity contribution is -0.138. The summed E-state index contributed by atoms with van der Waals surface area (Å²) in [7, 11) is -0.874. The van der Waals surface area contributed by atoms with Crippen molar-refractivity contribution in [1.82, 2.24) is 5.32 Å². The van der Waals surface area contributed by atoms with Crippen molar-refractivity contribution in [3.05, 3.63) is 0 Å². The third kappa shape index (κ3) is 8.40. The van der Waals surface area contributed by atoms with Gasteiger partial charge in [0.05, 0.1) is 0 Å². The molecule has 0 aromatic rings. The van der Waals surface area contributed by atoms with E-state index >= 15 is 0 Å². The van der Waals surface area contributed by atoms with Crippen molar-refractivity contribution in [2.24, 2.45) is 5.92 Å². The van der Waals surface area contributed by atoms with Crippen LogP contribution in [-0.2, 0) is 20.4 Å². The van der Waals surface area contributed by atoms with Gasteiger partial charge in [-0.2, -0.15) is 0 Å². The Morgan fingerprint density at radius 2 is 2.00 bits per heavy atom. The van der Waals surface area contributed by atoms with Gasteiger partial charge in [0, 0.05) is 41.7 Å². The highest BCUT2D eigenvalue weighted by atomic mass is 32.2. The van der Waals surface area contributed by atoms with Gasteiger partial charge in [-0.15, -0.1) is 0 Å². The van der Waals surface area contributed by atoms with Gasteiger partial charge in [-0.3, -0.25) is 13.8 Å². The van der Waals surface area contributed by atoms with Crippen molar-refractivity contribution in [1.29, 1.82) is 0 Å². The molecule has 0 saturated carbocycles. The van der Waals surface area contributed by atoms with Crippen LogP contribution < -0.4 is 5.32 Å². The number of nitrogens with one attached hydrogen (secondary N) is 1. The van der Waals surface area contributed by atoms with Crippen LogP contribution in [-0.4, -0.2) is 39.2 Å². The number of hydrogen-bond acceptors (Lipinski definition) is 3. The quantitative estimate of drug-likeness (QED) is 0.651. The molecule has 0 aromatic carbocycles. The zero-order valence-corrected chi connectivity index (χ0v) is 10.5. The van der Waals surface area contributed by atoms with Crippen LogP contribution in [0, 0.1) is 5.92 Å². The van der Waals surface area contributed by atoms with Gasteiger partial charge in [0.15, 0.2) is 0 Å². The summed E-state index contributed by atoms with van der Waals surface area (Å²) in [6, 6.07) is 0. The second kappa shape index (κ2) is 8.27. The number of hydrogen-bond donors (Lipinski definition) is 2. The summed E-state index contributed by atoms with van der Waals surface area (Å²) in [6.07, 6.45) is 0.194. The molecule has 0 bridgehead atoms.